The molecule has 0 bridgehead atoms. The maximum Gasteiger partial charge on any atom is 0.289 e. The molecule has 1 aliphatic rings. The van der Waals surface area contributed by atoms with Gasteiger partial charge in [0.05, 0.1) is 32.6 Å². The van der Waals surface area contributed by atoms with E-state index in [4.69, 9.17) is 13.9 Å². The molecule has 1 saturated heterocycles. The Balaban J connectivity index is 0.00000338. The predicted octanol–water partition coefficient (Wildman–Crippen LogP) is 1.28. The van der Waals surface area contributed by atoms with Gasteiger partial charge in [0, 0.05) is 39.8 Å². The van der Waals surface area contributed by atoms with Crippen molar-refractivity contribution in [1.82, 2.24) is 15.1 Å². The number of nitrogens with one attached hydrogen (secondary N) is 1. The topological polar surface area (TPSA) is 79.5 Å². The molecule has 0 aromatic carbocycles. The highest BCUT2D eigenvalue weighted by Gasteiger charge is 2.25. The van der Waals surface area contributed by atoms with Gasteiger partial charge in [-0.1, -0.05) is 0 Å². The van der Waals surface area contributed by atoms with Gasteiger partial charge in [-0.3, -0.25) is 9.79 Å². The maximum absolute atomic E-state index is 12.3. The van der Waals surface area contributed by atoms with Crippen LogP contribution in [-0.4, -0.2) is 87.9 Å². The molecule has 1 aromatic rings. The molecule has 1 fully saturated rings. The van der Waals surface area contributed by atoms with Gasteiger partial charge in [-0.15, -0.1) is 24.0 Å². The number of aliphatic imine (C=N–C) groups is 1. The van der Waals surface area contributed by atoms with Crippen molar-refractivity contribution in [3.8, 4) is 0 Å². The Morgan fingerprint density at radius 2 is 1.96 bits per heavy atom. The normalized spacial score (nSPS) is 14.9. The van der Waals surface area contributed by atoms with Crippen LogP contribution in [0.15, 0.2) is 27.8 Å². The van der Waals surface area contributed by atoms with Gasteiger partial charge in [0.1, 0.15) is 0 Å². The van der Waals surface area contributed by atoms with Gasteiger partial charge in [-0.25, -0.2) is 0 Å². The summed E-state index contributed by atoms with van der Waals surface area (Å²) < 4.78 is 15.6. The van der Waals surface area contributed by atoms with E-state index in [2.05, 4.69) is 15.2 Å². The zero-order chi connectivity index (χ0) is 17.9. The molecule has 8 nitrogen and oxygen atoms in total. The van der Waals surface area contributed by atoms with Crippen molar-refractivity contribution >= 4 is 35.8 Å². The van der Waals surface area contributed by atoms with E-state index >= 15 is 0 Å². The SMILES string of the molecule is CCNC(=NCCOCCOC)N1CCN(C(=O)c2ccco2)CC1.I. The predicted molar refractivity (Wildman–Crippen MR) is 110 cm³/mol. The van der Waals surface area contributed by atoms with Gasteiger partial charge in [-0.2, -0.15) is 0 Å². The molecule has 2 heterocycles. The second-order valence-electron chi connectivity index (χ2n) is 5.60. The van der Waals surface area contributed by atoms with Crippen LogP contribution < -0.4 is 5.32 Å². The van der Waals surface area contributed by atoms with Gasteiger partial charge in [-0.05, 0) is 19.1 Å². The monoisotopic (exact) mass is 480 g/mol. The average molecular weight is 480 g/mol. The molecule has 0 radical (unpaired) electrons. The number of ether oxygens (including phenoxy) is 2. The molecule has 148 valence electrons. The van der Waals surface area contributed by atoms with Crippen LogP contribution in [0, 0.1) is 0 Å². The first-order chi connectivity index (χ1) is 12.3. The maximum atomic E-state index is 12.3. The Morgan fingerprint density at radius 1 is 1.23 bits per heavy atom. The second kappa shape index (κ2) is 12.9. The van der Waals surface area contributed by atoms with Gasteiger partial charge in [0.15, 0.2) is 11.7 Å². The Labute approximate surface area is 171 Å². The fourth-order valence-electron chi connectivity index (χ4n) is 2.56. The summed E-state index contributed by atoms with van der Waals surface area (Å²) in [5, 5.41) is 3.30. The minimum atomic E-state index is -0.0573. The van der Waals surface area contributed by atoms with Crippen molar-refractivity contribution in [3.63, 3.8) is 0 Å². The van der Waals surface area contributed by atoms with E-state index in [-0.39, 0.29) is 29.9 Å². The highest BCUT2D eigenvalue weighted by Crippen LogP contribution is 2.09. The summed E-state index contributed by atoms with van der Waals surface area (Å²) >= 11 is 0. The van der Waals surface area contributed by atoms with Crippen molar-refractivity contribution < 1.29 is 18.7 Å². The molecule has 26 heavy (non-hydrogen) atoms. The number of hydrogen-bond acceptors (Lipinski definition) is 5. The van der Waals surface area contributed by atoms with Crippen LogP contribution in [0.5, 0.6) is 0 Å². The number of guanidine groups is 1. The number of rotatable bonds is 8. The smallest absolute Gasteiger partial charge is 0.289 e. The number of furan rings is 1. The summed E-state index contributed by atoms with van der Waals surface area (Å²) in [6.45, 7) is 7.95. The highest BCUT2D eigenvalue weighted by atomic mass is 127. The number of amides is 1. The number of nitrogens with zero attached hydrogens (tertiary/aromatic N) is 3. The first kappa shape index (κ1) is 22.7. The summed E-state index contributed by atoms with van der Waals surface area (Å²) in [7, 11) is 1.65. The van der Waals surface area contributed by atoms with Crippen LogP contribution in [0.3, 0.4) is 0 Å². The third kappa shape index (κ3) is 7.12. The summed E-state index contributed by atoms with van der Waals surface area (Å²) in [5.74, 6) is 1.20. The minimum Gasteiger partial charge on any atom is -0.459 e. The zero-order valence-electron chi connectivity index (χ0n) is 15.5. The van der Waals surface area contributed by atoms with Crippen LogP contribution in [0.4, 0.5) is 0 Å². The van der Waals surface area contributed by atoms with Crippen LogP contribution in [0.25, 0.3) is 0 Å². The van der Waals surface area contributed by atoms with E-state index < -0.39 is 0 Å². The molecule has 1 amide bonds. The summed E-state index contributed by atoms with van der Waals surface area (Å²) in [5.41, 5.74) is 0. The van der Waals surface area contributed by atoms with E-state index in [1.807, 2.05) is 11.8 Å². The standard InChI is InChI=1S/C17H28N4O4.HI/c1-3-18-17(19-6-12-24-14-13-23-2)21-9-7-20(8-10-21)16(22)15-5-4-11-25-15;/h4-5,11H,3,6-10,12-14H2,1-2H3,(H,18,19);1H. The lowest BCUT2D eigenvalue weighted by Gasteiger charge is -2.36. The number of carbonyl (C=O) groups is 1. The van der Waals surface area contributed by atoms with E-state index in [1.165, 1.54) is 6.26 Å². The molecule has 1 aliphatic heterocycles. The van der Waals surface area contributed by atoms with Crippen LogP contribution in [0.1, 0.15) is 17.5 Å². The third-order valence-electron chi connectivity index (χ3n) is 3.86. The zero-order valence-corrected chi connectivity index (χ0v) is 17.8. The van der Waals surface area contributed by atoms with Crippen molar-refractivity contribution in [2.45, 2.75) is 6.92 Å². The van der Waals surface area contributed by atoms with E-state index in [9.17, 15) is 4.79 Å². The number of piperazine rings is 1. The number of halogens is 1. The molecule has 0 saturated carbocycles. The van der Waals surface area contributed by atoms with Gasteiger partial charge in [0.25, 0.3) is 5.91 Å². The molecule has 1 N–H and O–H groups in total. The number of methoxy groups -OCH3 is 1. The molecule has 9 heteroatoms. The summed E-state index contributed by atoms with van der Waals surface area (Å²) in [6.07, 6.45) is 1.52. The molecule has 0 aliphatic carbocycles. The van der Waals surface area contributed by atoms with E-state index in [1.54, 1.807) is 19.2 Å². The quantitative estimate of drug-likeness (QED) is 0.262. The number of carbonyl (C=O) groups excluding carboxylic acids is 1. The van der Waals surface area contributed by atoms with Crippen LogP contribution >= 0.6 is 24.0 Å². The average Bonchev–Trinajstić information content (AvgIpc) is 3.18. The largest absolute Gasteiger partial charge is 0.459 e. The van der Waals surface area contributed by atoms with E-state index in [0.717, 1.165) is 25.6 Å². The molecule has 0 atom stereocenters. The molecular weight excluding hydrogens is 451 g/mol. The Morgan fingerprint density at radius 3 is 2.58 bits per heavy atom. The molecular formula is C17H29IN4O4. The fourth-order valence-corrected chi connectivity index (χ4v) is 2.56. The van der Waals surface area contributed by atoms with E-state index in [0.29, 0.717) is 45.2 Å². The summed E-state index contributed by atoms with van der Waals surface area (Å²) in [6, 6.07) is 3.43. The van der Waals surface area contributed by atoms with Crippen molar-refractivity contribution in [2.75, 3.05) is 66.2 Å². The lowest BCUT2D eigenvalue weighted by molar-refractivity contribution is 0.0656. The molecule has 2 rings (SSSR count). The Bertz CT molecular complexity index is 531. The Kier molecular flexibility index (Phi) is 11.3. The van der Waals surface area contributed by atoms with Gasteiger partial charge >= 0.3 is 0 Å². The molecule has 0 spiro atoms. The Hall–Kier alpha value is -1.33. The van der Waals surface area contributed by atoms with Crippen LogP contribution in [0.2, 0.25) is 0 Å². The highest BCUT2D eigenvalue weighted by molar-refractivity contribution is 14.0. The fraction of sp³-hybridized carbons (Fsp3) is 0.647. The minimum absolute atomic E-state index is 0. The van der Waals surface area contributed by atoms with Gasteiger partial charge in [0.2, 0.25) is 0 Å². The van der Waals surface area contributed by atoms with Crippen molar-refractivity contribution in [3.05, 3.63) is 24.2 Å². The van der Waals surface area contributed by atoms with Crippen LogP contribution in [-0.2, 0) is 9.47 Å². The first-order valence-corrected chi connectivity index (χ1v) is 8.69. The van der Waals surface area contributed by atoms with Crippen molar-refractivity contribution in [1.29, 1.82) is 0 Å². The number of hydrogen-bond donors (Lipinski definition) is 1. The first-order valence-electron chi connectivity index (χ1n) is 8.69. The van der Waals surface area contributed by atoms with Gasteiger partial charge < -0.3 is 29.0 Å². The lowest BCUT2D eigenvalue weighted by Crippen LogP contribution is -2.53. The third-order valence-corrected chi connectivity index (χ3v) is 3.86. The lowest BCUT2D eigenvalue weighted by atomic mass is 10.3. The second-order valence-corrected chi connectivity index (χ2v) is 5.60. The van der Waals surface area contributed by atoms with Crippen molar-refractivity contribution in [2.24, 2.45) is 4.99 Å². The molecule has 0 unspecified atom stereocenters. The summed E-state index contributed by atoms with van der Waals surface area (Å²) in [4.78, 5) is 20.9. The molecule has 1 aromatic heterocycles.